The Labute approximate surface area is 159 Å². The topological polar surface area (TPSA) is 99.9 Å². The van der Waals surface area contributed by atoms with Crippen LogP contribution in [0.15, 0.2) is 41.1 Å². The van der Waals surface area contributed by atoms with E-state index < -0.39 is 5.41 Å². The summed E-state index contributed by atoms with van der Waals surface area (Å²) in [7, 11) is 1.54. The van der Waals surface area contributed by atoms with Crippen molar-refractivity contribution in [3.63, 3.8) is 0 Å². The molecule has 3 rings (SSSR count). The van der Waals surface area contributed by atoms with Gasteiger partial charge in [-0.05, 0) is 30.5 Å². The molecule has 26 heavy (non-hydrogen) atoms. The number of hydrogen-bond donors (Lipinski definition) is 3. The normalized spacial score (nSPS) is 15.0. The molecule has 0 bridgehead atoms. The van der Waals surface area contributed by atoms with Gasteiger partial charge in [-0.15, -0.1) is 0 Å². The maximum atomic E-state index is 12.5. The number of nitrogens with zero attached hydrogens (tertiary/aromatic N) is 2. The second-order valence-electron chi connectivity index (χ2n) is 6.37. The monoisotopic (exact) mass is 417 g/mol. The first kappa shape index (κ1) is 18.3. The summed E-state index contributed by atoms with van der Waals surface area (Å²) in [5, 5.41) is 17.7. The minimum atomic E-state index is -0.436. The molecule has 1 aromatic heterocycles. The van der Waals surface area contributed by atoms with Crippen LogP contribution in [0.4, 0.5) is 0 Å². The molecule has 3 N–H and O–H groups in total. The highest BCUT2D eigenvalue weighted by molar-refractivity contribution is 9.10. The fourth-order valence-electron chi connectivity index (χ4n) is 3.08. The van der Waals surface area contributed by atoms with E-state index in [1.807, 2.05) is 24.3 Å². The minimum Gasteiger partial charge on any atom is -0.358 e. The van der Waals surface area contributed by atoms with Crippen molar-refractivity contribution >= 4 is 33.6 Å². The zero-order chi connectivity index (χ0) is 18.7. The number of carbonyl (C=O) groups excluding carboxylic acids is 2. The molecule has 1 aliphatic carbocycles. The van der Waals surface area contributed by atoms with Crippen molar-refractivity contribution < 1.29 is 9.59 Å². The number of aromatic nitrogens is 2. The van der Waals surface area contributed by atoms with Crippen LogP contribution >= 0.6 is 15.9 Å². The first-order valence-electron chi connectivity index (χ1n) is 8.34. The van der Waals surface area contributed by atoms with Gasteiger partial charge in [-0.3, -0.25) is 19.7 Å². The zero-order valence-corrected chi connectivity index (χ0v) is 16.0. The third-order valence-electron chi connectivity index (χ3n) is 4.80. The lowest BCUT2D eigenvalue weighted by atomic mass is 9.63. The lowest BCUT2D eigenvalue weighted by molar-refractivity contribution is -0.121. The molecule has 1 saturated carbocycles. The van der Waals surface area contributed by atoms with E-state index in [4.69, 9.17) is 5.41 Å². The van der Waals surface area contributed by atoms with Crippen LogP contribution in [0.3, 0.4) is 0 Å². The molecular formula is C18H20BrN5O2. The summed E-state index contributed by atoms with van der Waals surface area (Å²) in [5.74, 6) is -0.381. The highest BCUT2D eigenvalue weighted by Crippen LogP contribution is 2.44. The Balaban J connectivity index is 1.71. The molecule has 1 heterocycles. The maximum absolute atomic E-state index is 12.5. The molecular weight excluding hydrogens is 398 g/mol. The number of likely N-dealkylation sites (N-methyl/N-ethyl adjacent to an activating group) is 1. The van der Waals surface area contributed by atoms with E-state index in [2.05, 4.69) is 31.7 Å². The van der Waals surface area contributed by atoms with Crippen molar-refractivity contribution in [1.29, 1.82) is 5.41 Å². The summed E-state index contributed by atoms with van der Waals surface area (Å²) in [5.41, 5.74) is 0.922. The average Bonchev–Trinajstić information content (AvgIpc) is 3.04. The molecule has 136 valence electrons. The molecule has 0 atom stereocenters. The van der Waals surface area contributed by atoms with Crippen LogP contribution in [0.1, 0.15) is 35.2 Å². The summed E-state index contributed by atoms with van der Waals surface area (Å²) in [4.78, 5) is 23.9. The van der Waals surface area contributed by atoms with E-state index >= 15 is 0 Å². The van der Waals surface area contributed by atoms with E-state index in [0.29, 0.717) is 5.56 Å². The number of halogens is 1. The van der Waals surface area contributed by atoms with Gasteiger partial charge in [0, 0.05) is 17.7 Å². The lowest BCUT2D eigenvalue weighted by Gasteiger charge is -2.42. The zero-order valence-electron chi connectivity index (χ0n) is 14.4. The third kappa shape index (κ3) is 3.55. The Morgan fingerprint density at radius 3 is 2.58 bits per heavy atom. The number of hydrogen-bond acceptors (Lipinski definition) is 4. The predicted molar refractivity (Wildman–Crippen MR) is 101 cm³/mol. The molecule has 0 unspecified atom stereocenters. The van der Waals surface area contributed by atoms with Gasteiger partial charge in [0.25, 0.3) is 5.91 Å². The number of rotatable bonds is 5. The lowest BCUT2D eigenvalue weighted by Crippen LogP contribution is -2.50. The predicted octanol–water partition coefficient (Wildman–Crippen LogP) is 2.22. The van der Waals surface area contributed by atoms with Gasteiger partial charge in [0.1, 0.15) is 12.4 Å². The molecule has 7 nitrogen and oxygen atoms in total. The Morgan fingerprint density at radius 1 is 1.31 bits per heavy atom. The first-order valence-corrected chi connectivity index (χ1v) is 9.13. The fraction of sp³-hybridized carbons (Fsp3) is 0.333. The van der Waals surface area contributed by atoms with E-state index in [0.717, 1.165) is 29.3 Å². The fourth-order valence-corrected chi connectivity index (χ4v) is 3.35. The number of amides is 2. The van der Waals surface area contributed by atoms with Crippen molar-refractivity contribution in [2.75, 3.05) is 7.05 Å². The number of amidine groups is 1. The van der Waals surface area contributed by atoms with Crippen molar-refractivity contribution in [3.05, 3.63) is 52.3 Å². The van der Waals surface area contributed by atoms with Gasteiger partial charge in [0.05, 0.1) is 17.2 Å². The van der Waals surface area contributed by atoms with E-state index in [9.17, 15) is 9.59 Å². The molecule has 2 amide bonds. The summed E-state index contributed by atoms with van der Waals surface area (Å²) >= 11 is 3.42. The van der Waals surface area contributed by atoms with Crippen LogP contribution in [-0.4, -0.2) is 34.5 Å². The van der Waals surface area contributed by atoms with Crippen molar-refractivity contribution in [3.8, 4) is 0 Å². The molecule has 0 saturated heterocycles. The standard InChI is InChI=1S/C18H20BrN5O2/c1-21-15(25)11-24-10-12(9-22-24)16(26)23-17(20)18(7-2-8-18)13-3-5-14(19)6-4-13/h3-6,9-10H,2,7-8,11H2,1H3,(H,21,25)(H2,20,23,26). The Morgan fingerprint density at radius 2 is 2.00 bits per heavy atom. The highest BCUT2D eigenvalue weighted by atomic mass is 79.9. The van der Waals surface area contributed by atoms with Crippen LogP contribution < -0.4 is 10.6 Å². The average molecular weight is 418 g/mol. The van der Waals surface area contributed by atoms with Gasteiger partial charge in [-0.2, -0.15) is 5.10 Å². The smallest absolute Gasteiger partial charge is 0.259 e. The summed E-state index contributed by atoms with van der Waals surface area (Å²) in [6, 6.07) is 7.89. The number of nitrogens with one attached hydrogen (secondary N) is 3. The van der Waals surface area contributed by atoms with Gasteiger partial charge >= 0.3 is 0 Å². The molecule has 0 aliphatic heterocycles. The Hall–Kier alpha value is -2.48. The minimum absolute atomic E-state index is 0.0457. The Kier molecular flexibility index (Phi) is 5.22. The van der Waals surface area contributed by atoms with E-state index in [-0.39, 0.29) is 24.2 Å². The van der Waals surface area contributed by atoms with Crippen LogP contribution in [0, 0.1) is 5.41 Å². The van der Waals surface area contributed by atoms with Crippen molar-refractivity contribution in [2.24, 2.45) is 0 Å². The SMILES string of the molecule is CNC(=O)Cn1cc(C(=O)NC(=N)C2(c3ccc(Br)cc3)CCC2)cn1. The highest BCUT2D eigenvalue weighted by Gasteiger charge is 2.43. The van der Waals surface area contributed by atoms with Crippen LogP contribution in [0.5, 0.6) is 0 Å². The van der Waals surface area contributed by atoms with Gasteiger partial charge in [-0.1, -0.05) is 34.5 Å². The van der Waals surface area contributed by atoms with Crippen LogP contribution in [-0.2, 0) is 16.8 Å². The third-order valence-corrected chi connectivity index (χ3v) is 5.33. The largest absolute Gasteiger partial charge is 0.358 e. The Bertz CT molecular complexity index is 840. The first-order chi connectivity index (χ1) is 12.4. The van der Waals surface area contributed by atoms with Gasteiger partial charge in [0.2, 0.25) is 5.91 Å². The summed E-state index contributed by atoms with van der Waals surface area (Å²) < 4.78 is 2.38. The van der Waals surface area contributed by atoms with Crippen molar-refractivity contribution in [2.45, 2.75) is 31.2 Å². The number of carbonyl (C=O) groups is 2. The molecule has 1 aromatic carbocycles. The molecule has 0 radical (unpaired) electrons. The molecule has 1 fully saturated rings. The number of benzene rings is 1. The van der Waals surface area contributed by atoms with E-state index in [1.165, 1.54) is 17.1 Å². The van der Waals surface area contributed by atoms with Crippen LogP contribution in [0.2, 0.25) is 0 Å². The van der Waals surface area contributed by atoms with Crippen molar-refractivity contribution in [1.82, 2.24) is 20.4 Å². The van der Waals surface area contributed by atoms with Gasteiger partial charge in [-0.25, -0.2) is 0 Å². The second kappa shape index (κ2) is 7.41. The second-order valence-corrected chi connectivity index (χ2v) is 7.29. The molecule has 8 heteroatoms. The van der Waals surface area contributed by atoms with Gasteiger partial charge in [0.15, 0.2) is 0 Å². The quantitative estimate of drug-likeness (QED) is 0.513. The summed E-state index contributed by atoms with van der Waals surface area (Å²) in [6.07, 6.45) is 5.61. The van der Waals surface area contributed by atoms with Gasteiger partial charge < -0.3 is 10.6 Å². The van der Waals surface area contributed by atoms with E-state index in [1.54, 1.807) is 7.05 Å². The molecule has 1 aliphatic rings. The van der Waals surface area contributed by atoms with Crippen LogP contribution in [0.25, 0.3) is 0 Å². The summed E-state index contributed by atoms with van der Waals surface area (Å²) in [6.45, 7) is 0.0457. The molecule has 0 spiro atoms. The maximum Gasteiger partial charge on any atom is 0.259 e. The molecule has 2 aromatic rings.